The molecular formula is C27H37FN2O3. The van der Waals surface area contributed by atoms with Gasteiger partial charge < -0.3 is 15.0 Å². The van der Waals surface area contributed by atoms with E-state index in [4.69, 9.17) is 4.74 Å². The molecule has 1 unspecified atom stereocenters. The SMILES string of the molecule is CCC(C(=O)NCC(C)C)N(Cc1ccc(F)cc1)C(=O)COc1ccccc1C(C)(C)C. The predicted octanol–water partition coefficient (Wildman–Crippen LogP) is 5.08. The molecule has 0 fully saturated rings. The number of carbonyl (C=O) groups is 2. The number of hydrogen-bond acceptors (Lipinski definition) is 3. The van der Waals surface area contributed by atoms with Crippen LogP contribution in [0.3, 0.4) is 0 Å². The van der Waals surface area contributed by atoms with Crippen molar-refractivity contribution in [3.8, 4) is 5.75 Å². The van der Waals surface area contributed by atoms with Crippen LogP contribution < -0.4 is 10.1 Å². The van der Waals surface area contributed by atoms with Gasteiger partial charge in [-0.05, 0) is 47.1 Å². The first kappa shape index (κ1) is 26.4. The monoisotopic (exact) mass is 456 g/mol. The number of nitrogens with one attached hydrogen (secondary N) is 1. The van der Waals surface area contributed by atoms with E-state index >= 15 is 0 Å². The summed E-state index contributed by atoms with van der Waals surface area (Å²) in [7, 11) is 0. The maximum atomic E-state index is 13.4. The second-order valence-corrected chi connectivity index (χ2v) is 9.75. The molecule has 0 aliphatic carbocycles. The standard InChI is InChI=1S/C27H37FN2O3/c1-7-23(26(32)29-16-19(2)3)30(17-20-12-14-21(28)15-13-20)25(31)18-33-24-11-9-8-10-22(24)27(4,5)6/h8-15,19,23H,7,16-18H2,1-6H3,(H,29,32). The third-order valence-electron chi connectivity index (χ3n) is 5.38. The zero-order valence-corrected chi connectivity index (χ0v) is 20.7. The Morgan fingerprint density at radius 1 is 1.06 bits per heavy atom. The minimum atomic E-state index is -0.650. The van der Waals surface area contributed by atoms with Crippen molar-refractivity contribution in [2.75, 3.05) is 13.2 Å². The molecule has 0 aliphatic rings. The molecule has 2 rings (SSSR count). The number of carbonyl (C=O) groups excluding carboxylic acids is 2. The van der Waals surface area contributed by atoms with E-state index in [0.717, 1.165) is 11.1 Å². The van der Waals surface area contributed by atoms with E-state index in [2.05, 4.69) is 26.1 Å². The number of rotatable bonds is 10. The third-order valence-corrected chi connectivity index (χ3v) is 5.38. The maximum absolute atomic E-state index is 13.4. The molecule has 0 radical (unpaired) electrons. The minimum Gasteiger partial charge on any atom is -0.483 e. The molecule has 2 aromatic carbocycles. The quantitative estimate of drug-likeness (QED) is 0.542. The molecule has 6 heteroatoms. The topological polar surface area (TPSA) is 58.6 Å². The van der Waals surface area contributed by atoms with Crippen LogP contribution in [-0.2, 0) is 21.5 Å². The Morgan fingerprint density at radius 2 is 1.70 bits per heavy atom. The van der Waals surface area contributed by atoms with Crippen LogP contribution in [0.15, 0.2) is 48.5 Å². The number of ether oxygens (including phenoxy) is 1. The van der Waals surface area contributed by atoms with Gasteiger partial charge in [-0.25, -0.2) is 4.39 Å². The molecular weight excluding hydrogens is 419 g/mol. The first-order chi connectivity index (χ1) is 15.5. The van der Waals surface area contributed by atoms with Crippen molar-refractivity contribution in [3.63, 3.8) is 0 Å². The summed E-state index contributed by atoms with van der Waals surface area (Å²) in [4.78, 5) is 27.8. The number of hydrogen-bond donors (Lipinski definition) is 1. The van der Waals surface area contributed by atoms with E-state index in [0.29, 0.717) is 24.6 Å². The molecule has 0 saturated carbocycles. The zero-order valence-electron chi connectivity index (χ0n) is 20.7. The van der Waals surface area contributed by atoms with Gasteiger partial charge >= 0.3 is 0 Å². The lowest BCUT2D eigenvalue weighted by Gasteiger charge is -2.31. The van der Waals surface area contributed by atoms with Crippen LogP contribution in [-0.4, -0.2) is 35.9 Å². The van der Waals surface area contributed by atoms with Gasteiger partial charge in [0.1, 0.15) is 17.6 Å². The van der Waals surface area contributed by atoms with Crippen molar-refractivity contribution in [1.29, 1.82) is 0 Å². The summed E-state index contributed by atoms with van der Waals surface area (Å²) in [6, 6.07) is 13.0. The van der Waals surface area contributed by atoms with Crippen molar-refractivity contribution in [2.45, 2.75) is 66.0 Å². The normalized spacial score (nSPS) is 12.4. The lowest BCUT2D eigenvalue weighted by atomic mass is 9.86. The number of halogens is 1. The molecule has 0 aromatic heterocycles. The molecule has 2 aromatic rings. The highest BCUT2D eigenvalue weighted by atomic mass is 19.1. The first-order valence-electron chi connectivity index (χ1n) is 11.6. The van der Waals surface area contributed by atoms with Crippen molar-refractivity contribution < 1.29 is 18.7 Å². The summed E-state index contributed by atoms with van der Waals surface area (Å²) in [6.45, 7) is 12.7. The summed E-state index contributed by atoms with van der Waals surface area (Å²) >= 11 is 0. The summed E-state index contributed by atoms with van der Waals surface area (Å²) < 4.78 is 19.3. The lowest BCUT2D eigenvalue weighted by Crippen LogP contribution is -2.50. The van der Waals surface area contributed by atoms with E-state index in [1.165, 1.54) is 17.0 Å². The Morgan fingerprint density at radius 3 is 2.27 bits per heavy atom. The molecule has 1 N–H and O–H groups in total. The van der Waals surface area contributed by atoms with Crippen molar-refractivity contribution in [2.24, 2.45) is 5.92 Å². The molecule has 0 aliphatic heterocycles. The summed E-state index contributed by atoms with van der Waals surface area (Å²) in [5.41, 5.74) is 1.61. The van der Waals surface area contributed by atoms with Gasteiger partial charge in [0.05, 0.1) is 0 Å². The van der Waals surface area contributed by atoms with Gasteiger partial charge in [-0.15, -0.1) is 0 Å². The average molecular weight is 457 g/mol. The van der Waals surface area contributed by atoms with Crippen LogP contribution in [0, 0.1) is 11.7 Å². The van der Waals surface area contributed by atoms with Crippen LogP contribution in [0.25, 0.3) is 0 Å². The van der Waals surface area contributed by atoms with Crippen molar-refractivity contribution in [1.82, 2.24) is 10.2 Å². The Hall–Kier alpha value is -2.89. The number of benzene rings is 2. The zero-order chi connectivity index (χ0) is 24.6. The Kier molecular flexibility index (Phi) is 9.44. The molecule has 0 spiro atoms. The minimum absolute atomic E-state index is 0.143. The van der Waals surface area contributed by atoms with Crippen molar-refractivity contribution >= 4 is 11.8 Å². The second kappa shape index (κ2) is 11.8. The predicted molar refractivity (Wildman–Crippen MR) is 130 cm³/mol. The van der Waals surface area contributed by atoms with Crippen LogP contribution in [0.4, 0.5) is 4.39 Å². The van der Waals surface area contributed by atoms with E-state index in [1.807, 2.05) is 45.0 Å². The second-order valence-electron chi connectivity index (χ2n) is 9.75. The fourth-order valence-electron chi connectivity index (χ4n) is 3.56. The molecule has 0 bridgehead atoms. The van der Waals surface area contributed by atoms with Gasteiger partial charge in [-0.2, -0.15) is 0 Å². The number of para-hydroxylation sites is 1. The van der Waals surface area contributed by atoms with Crippen LogP contribution in [0.1, 0.15) is 59.1 Å². The van der Waals surface area contributed by atoms with Crippen molar-refractivity contribution in [3.05, 3.63) is 65.5 Å². The van der Waals surface area contributed by atoms with Crippen LogP contribution in [0.5, 0.6) is 5.75 Å². The number of amides is 2. The Labute approximate surface area is 197 Å². The fraction of sp³-hybridized carbons (Fsp3) is 0.481. The Bertz CT molecular complexity index is 920. The van der Waals surface area contributed by atoms with Crippen LogP contribution >= 0.6 is 0 Å². The molecule has 180 valence electrons. The lowest BCUT2D eigenvalue weighted by molar-refractivity contribution is -0.143. The first-order valence-corrected chi connectivity index (χ1v) is 11.6. The third kappa shape index (κ3) is 7.88. The average Bonchev–Trinajstić information content (AvgIpc) is 2.76. The summed E-state index contributed by atoms with van der Waals surface area (Å²) in [5, 5.41) is 2.93. The Balaban J connectivity index is 2.25. The highest BCUT2D eigenvalue weighted by molar-refractivity contribution is 5.88. The molecule has 5 nitrogen and oxygen atoms in total. The van der Waals surface area contributed by atoms with Gasteiger partial charge in [-0.1, -0.05) is 71.9 Å². The van der Waals surface area contributed by atoms with Gasteiger partial charge in [-0.3, -0.25) is 9.59 Å². The van der Waals surface area contributed by atoms with Gasteiger partial charge in [0, 0.05) is 13.1 Å². The fourth-order valence-corrected chi connectivity index (χ4v) is 3.56. The maximum Gasteiger partial charge on any atom is 0.261 e. The van der Waals surface area contributed by atoms with E-state index in [9.17, 15) is 14.0 Å². The molecule has 0 saturated heterocycles. The summed E-state index contributed by atoms with van der Waals surface area (Å²) in [6.07, 6.45) is 0.454. The highest BCUT2D eigenvalue weighted by Gasteiger charge is 2.29. The highest BCUT2D eigenvalue weighted by Crippen LogP contribution is 2.31. The molecule has 1 atom stereocenters. The van der Waals surface area contributed by atoms with E-state index in [-0.39, 0.29) is 36.2 Å². The molecule has 33 heavy (non-hydrogen) atoms. The largest absolute Gasteiger partial charge is 0.483 e. The van der Waals surface area contributed by atoms with E-state index < -0.39 is 6.04 Å². The smallest absolute Gasteiger partial charge is 0.261 e. The van der Waals surface area contributed by atoms with E-state index in [1.54, 1.807) is 12.1 Å². The van der Waals surface area contributed by atoms with Crippen LogP contribution in [0.2, 0.25) is 0 Å². The molecule has 2 amide bonds. The number of nitrogens with zero attached hydrogens (tertiary/aromatic N) is 1. The van der Waals surface area contributed by atoms with Gasteiger partial charge in [0.25, 0.3) is 5.91 Å². The summed E-state index contributed by atoms with van der Waals surface area (Å²) in [5.74, 6) is 0.106. The molecule has 0 heterocycles. The van der Waals surface area contributed by atoms with Gasteiger partial charge in [0.2, 0.25) is 5.91 Å². The van der Waals surface area contributed by atoms with Gasteiger partial charge in [0.15, 0.2) is 6.61 Å².